The Hall–Kier alpha value is -1.67. The van der Waals surface area contributed by atoms with Gasteiger partial charge in [-0.15, -0.1) is 0 Å². The van der Waals surface area contributed by atoms with Gasteiger partial charge in [0.15, 0.2) is 5.69 Å². The van der Waals surface area contributed by atoms with Crippen LogP contribution < -0.4 is 5.32 Å². The molecule has 1 aromatic heterocycles. The van der Waals surface area contributed by atoms with Crippen molar-refractivity contribution in [3.63, 3.8) is 0 Å². The summed E-state index contributed by atoms with van der Waals surface area (Å²) in [7, 11) is 0. The van der Waals surface area contributed by atoms with Crippen LogP contribution >= 0.6 is 0 Å². The number of hydrogen-bond donors (Lipinski definition) is 1. The highest BCUT2D eigenvalue weighted by Gasteiger charge is 2.27. The van der Waals surface area contributed by atoms with E-state index in [1.807, 2.05) is 6.07 Å². The highest BCUT2D eigenvalue weighted by atomic mass is 16.5. The van der Waals surface area contributed by atoms with E-state index in [4.69, 9.17) is 10.00 Å². The van der Waals surface area contributed by atoms with Crippen LogP contribution in [0, 0.1) is 16.7 Å². The molecule has 17 heavy (non-hydrogen) atoms. The van der Waals surface area contributed by atoms with Gasteiger partial charge >= 0.3 is 0 Å². The summed E-state index contributed by atoms with van der Waals surface area (Å²) < 4.78 is 5.36. The van der Waals surface area contributed by atoms with E-state index >= 15 is 0 Å². The van der Waals surface area contributed by atoms with Crippen molar-refractivity contribution in [2.24, 2.45) is 5.41 Å². The first kappa shape index (κ1) is 11.8. The molecule has 5 heteroatoms. The third-order valence-electron chi connectivity index (χ3n) is 3.16. The summed E-state index contributed by atoms with van der Waals surface area (Å²) in [6.45, 7) is 4.77. The number of ether oxygens (including phenoxy) is 1. The predicted molar refractivity (Wildman–Crippen MR) is 63.4 cm³/mol. The minimum absolute atomic E-state index is 0.258. The number of rotatable bonds is 3. The second-order valence-electron chi connectivity index (χ2n) is 4.68. The maximum absolute atomic E-state index is 8.62. The van der Waals surface area contributed by atoms with Gasteiger partial charge in [-0.25, -0.2) is 9.97 Å². The van der Waals surface area contributed by atoms with Gasteiger partial charge in [0.1, 0.15) is 11.9 Å². The zero-order valence-corrected chi connectivity index (χ0v) is 9.94. The number of anilines is 1. The van der Waals surface area contributed by atoms with E-state index in [1.165, 1.54) is 6.20 Å². The van der Waals surface area contributed by atoms with E-state index < -0.39 is 0 Å². The van der Waals surface area contributed by atoms with Crippen molar-refractivity contribution in [2.45, 2.75) is 19.8 Å². The van der Waals surface area contributed by atoms with E-state index in [1.54, 1.807) is 6.20 Å². The van der Waals surface area contributed by atoms with Crippen molar-refractivity contribution in [3.8, 4) is 6.07 Å². The minimum Gasteiger partial charge on any atom is -0.381 e. The zero-order chi connectivity index (χ0) is 12.1. The van der Waals surface area contributed by atoms with Crippen molar-refractivity contribution in [1.82, 2.24) is 9.97 Å². The van der Waals surface area contributed by atoms with E-state index in [2.05, 4.69) is 22.2 Å². The maximum Gasteiger partial charge on any atom is 0.158 e. The van der Waals surface area contributed by atoms with Crippen LogP contribution in [-0.2, 0) is 4.74 Å². The van der Waals surface area contributed by atoms with E-state index in [0.29, 0.717) is 5.69 Å². The van der Waals surface area contributed by atoms with Gasteiger partial charge in [0.2, 0.25) is 0 Å². The molecule has 0 aromatic carbocycles. The first-order valence-corrected chi connectivity index (χ1v) is 5.76. The molecule has 2 rings (SSSR count). The van der Waals surface area contributed by atoms with Crippen LogP contribution in [0.2, 0.25) is 0 Å². The van der Waals surface area contributed by atoms with E-state index in [0.717, 1.165) is 38.4 Å². The standard InChI is InChI=1S/C12H16N4O/c1-12(2-4-17-5-3-12)9-16-11-8-14-10(6-13)7-15-11/h7-8H,2-5,9H2,1H3,(H,15,16). The molecule has 0 amide bonds. The van der Waals surface area contributed by atoms with Crippen LogP contribution in [0.25, 0.3) is 0 Å². The summed E-state index contributed by atoms with van der Waals surface area (Å²) in [6.07, 6.45) is 5.20. The molecule has 0 saturated carbocycles. The molecule has 1 saturated heterocycles. The molecule has 0 unspecified atom stereocenters. The fraction of sp³-hybridized carbons (Fsp3) is 0.583. The molecular formula is C12H16N4O. The molecule has 0 atom stereocenters. The minimum atomic E-state index is 0.258. The highest BCUT2D eigenvalue weighted by molar-refractivity contribution is 5.33. The van der Waals surface area contributed by atoms with Crippen molar-refractivity contribution in [2.75, 3.05) is 25.1 Å². The lowest BCUT2D eigenvalue weighted by Gasteiger charge is -2.33. The number of hydrogen-bond acceptors (Lipinski definition) is 5. The van der Waals surface area contributed by atoms with Gasteiger partial charge < -0.3 is 10.1 Å². The number of aromatic nitrogens is 2. The van der Waals surface area contributed by atoms with Crippen LogP contribution in [0.4, 0.5) is 5.82 Å². The second-order valence-corrected chi connectivity index (χ2v) is 4.68. The Morgan fingerprint density at radius 1 is 1.41 bits per heavy atom. The fourth-order valence-electron chi connectivity index (χ4n) is 1.82. The SMILES string of the molecule is CC1(CNc2cnc(C#N)cn2)CCOCC1. The molecule has 1 N–H and O–H groups in total. The molecule has 0 bridgehead atoms. The van der Waals surface area contributed by atoms with Crippen LogP contribution in [0.1, 0.15) is 25.5 Å². The zero-order valence-electron chi connectivity index (χ0n) is 9.94. The van der Waals surface area contributed by atoms with Crippen molar-refractivity contribution in [1.29, 1.82) is 5.26 Å². The summed E-state index contributed by atoms with van der Waals surface area (Å²) >= 11 is 0. The lowest BCUT2D eigenvalue weighted by molar-refractivity contribution is 0.0300. The Morgan fingerprint density at radius 2 is 2.18 bits per heavy atom. The third kappa shape index (κ3) is 3.14. The van der Waals surface area contributed by atoms with Gasteiger partial charge in [-0.2, -0.15) is 5.26 Å². The lowest BCUT2D eigenvalue weighted by Crippen LogP contribution is -2.33. The first-order valence-electron chi connectivity index (χ1n) is 5.76. The average molecular weight is 232 g/mol. The van der Waals surface area contributed by atoms with Crippen LogP contribution in [0.15, 0.2) is 12.4 Å². The summed E-state index contributed by atoms with van der Waals surface area (Å²) in [5, 5.41) is 11.9. The van der Waals surface area contributed by atoms with E-state index in [-0.39, 0.29) is 5.41 Å². The quantitative estimate of drug-likeness (QED) is 0.856. The molecule has 0 aliphatic carbocycles. The summed E-state index contributed by atoms with van der Waals surface area (Å²) in [4.78, 5) is 8.11. The Morgan fingerprint density at radius 3 is 2.76 bits per heavy atom. The number of nitrogens with one attached hydrogen (secondary N) is 1. The van der Waals surface area contributed by atoms with Gasteiger partial charge in [0.05, 0.1) is 12.4 Å². The Labute approximate surface area is 101 Å². The van der Waals surface area contributed by atoms with Gasteiger partial charge in [0, 0.05) is 19.8 Å². The van der Waals surface area contributed by atoms with Gasteiger partial charge in [-0.3, -0.25) is 0 Å². The summed E-state index contributed by atoms with van der Waals surface area (Å²) in [6, 6.07) is 1.95. The monoisotopic (exact) mass is 232 g/mol. The second kappa shape index (κ2) is 5.11. The van der Waals surface area contributed by atoms with Crippen molar-refractivity contribution < 1.29 is 4.74 Å². The number of nitrogens with zero attached hydrogens (tertiary/aromatic N) is 3. The fourth-order valence-corrected chi connectivity index (χ4v) is 1.82. The number of nitriles is 1. The molecular weight excluding hydrogens is 216 g/mol. The van der Waals surface area contributed by atoms with Gasteiger partial charge in [-0.1, -0.05) is 6.92 Å². The van der Waals surface area contributed by atoms with Crippen molar-refractivity contribution >= 4 is 5.82 Å². The van der Waals surface area contributed by atoms with E-state index in [9.17, 15) is 0 Å². The molecule has 2 heterocycles. The molecule has 5 nitrogen and oxygen atoms in total. The largest absolute Gasteiger partial charge is 0.381 e. The molecule has 1 fully saturated rings. The summed E-state index contributed by atoms with van der Waals surface area (Å²) in [5.41, 5.74) is 0.598. The van der Waals surface area contributed by atoms with Crippen LogP contribution in [-0.4, -0.2) is 29.7 Å². The smallest absolute Gasteiger partial charge is 0.158 e. The van der Waals surface area contributed by atoms with Gasteiger partial charge in [-0.05, 0) is 18.3 Å². The highest BCUT2D eigenvalue weighted by Crippen LogP contribution is 2.29. The summed E-state index contributed by atoms with van der Waals surface area (Å²) in [5.74, 6) is 0.719. The lowest BCUT2D eigenvalue weighted by atomic mass is 9.82. The first-order chi connectivity index (χ1) is 8.22. The normalized spacial score (nSPS) is 18.4. The molecule has 1 aromatic rings. The molecule has 0 radical (unpaired) electrons. The Bertz CT molecular complexity index is 404. The predicted octanol–water partition coefficient (Wildman–Crippen LogP) is 1.58. The van der Waals surface area contributed by atoms with Crippen LogP contribution in [0.5, 0.6) is 0 Å². The Kier molecular flexibility index (Phi) is 3.55. The maximum atomic E-state index is 8.62. The molecule has 1 aliphatic rings. The van der Waals surface area contributed by atoms with Crippen LogP contribution in [0.3, 0.4) is 0 Å². The van der Waals surface area contributed by atoms with Crippen molar-refractivity contribution in [3.05, 3.63) is 18.1 Å². The molecule has 1 aliphatic heterocycles. The van der Waals surface area contributed by atoms with Gasteiger partial charge in [0.25, 0.3) is 0 Å². The topological polar surface area (TPSA) is 70.8 Å². The molecule has 90 valence electrons. The Balaban J connectivity index is 1.90. The average Bonchev–Trinajstić information content (AvgIpc) is 2.38. The molecule has 0 spiro atoms. The third-order valence-corrected chi connectivity index (χ3v) is 3.16.